The third-order valence-corrected chi connectivity index (χ3v) is 5.17. The number of para-hydroxylation sites is 1. The van der Waals surface area contributed by atoms with E-state index in [-0.39, 0.29) is 11.8 Å². The standard InChI is InChI=1S/C22H23N3O2/c1-15-19(18-6-2-3-7-20(18)23-15)14-21(26)24-17-10-8-16(9-11-17)22(27)25-12-4-5-13-25/h2-3,6-11,23H,4-5,12-14H2,1H3,(H,24,26). The van der Waals surface area contributed by atoms with Crippen LogP contribution in [0.5, 0.6) is 0 Å². The number of carbonyl (C=O) groups is 2. The fraction of sp³-hybridized carbons (Fsp3) is 0.273. The summed E-state index contributed by atoms with van der Waals surface area (Å²) in [6, 6.07) is 15.2. The van der Waals surface area contributed by atoms with E-state index in [1.165, 1.54) is 0 Å². The predicted molar refractivity (Wildman–Crippen MR) is 107 cm³/mol. The molecule has 0 radical (unpaired) electrons. The van der Waals surface area contributed by atoms with E-state index >= 15 is 0 Å². The Morgan fingerprint density at radius 3 is 2.48 bits per heavy atom. The highest BCUT2D eigenvalue weighted by molar-refractivity contribution is 5.98. The van der Waals surface area contributed by atoms with Crippen LogP contribution >= 0.6 is 0 Å². The largest absolute Gasteiger partial charge is 0.358 e. The molecule has 1 saturated heterocycles. The van der Waals surface area contributed by atoms with E-state index in [4.69, 9.17) is 0 Å². The molecule has 1 fully saturated rings. The van der Waals surface area contributed by atoms with Gasteiger partial charge in [0.15, 0.2) is 0 Å². The Labute approximate surface area is 158 Å². The lowest BCUT2D eigenvalue weighted by Gasteiger charge is -2.15. The second-order valence-corrected chi connectivity index (χ2v) is 7.08. The topological polar surface area (TPSA) is 65.2 Å². The Morgan fingerprint density at radius 1 is 1.04 bits per heavy atom. The number of likely N-dealkylation sites (tertiary alicyclic amines) is 1. The first kappa shape index (κ1) is 17.3. The number of amides is 2. The molecule has 1 aliphatic heterocycles. The fourth-order valence-corrected chi connectivity index (χ4v) is 3.73. The minimum Gasteiger partial charge on any atom is -0.358 e. The van der Waals surface area contributed by atoms with Gasteiger partial charge in [-0.05, 0) is 55.7 Å². The van der Waals surface area contributed by atoms with Crippen LogP contribution in [0, 0.1) is 6.92 Å². The average molecular weight is 361 g/mol. The van der Waals surface area contributed by atoms with E-state index in [2.05, 4.69) is 10.3 Å². The van der Waals surface area contributed by atoms with Gasteiger partial charge in [-0.25, -0.2) is 0 Å². The minimum atomic E-state index is -0.0681. The van der Waals surface area contributed by atoms with Gasteiger partial charge in [-0.3, -0.25) is 9.59 Å². The lowest BCUT2D eigenvalue weighted by Crippen LogP contribution is -2.27. The van der Waals surface area contributed by atoms with E-state index < -0.39 is 0 Å². The Bertz CT molecular complexity index is 982. The van der Waals surface area contributed by atoms with Gasteiger partial charge in [0.25, 0.3) is 5.91 Å². The highest BCUT2D eigenvalue weighted by Gasteiger charge is 2.19. The fourth-order valence-electron chi connectivity index (χ4n) is 3.73. The molecule has 5 heteroatoms. The summed E-state index contributed by atoms with van der Waals surface area (Å²) in [5.41, 5.74) is 4.45. The summed E-state index contributed by atoms with van der Waals surface area (Å²) in [5, 5.41) is 4.01. The van der Waals surface area contributed by atoms with Crippen molar-refractivity contribution in [2.75, 3.05) is 18.4 Å². The van der Waals surface area contributed by atoms with Crippen molar-refractivity contribution in [1.82, 2.24) is 9.88 Å². The lowest BCUT2D eigenvalue weighted by molar-refractivity contribution is -0.115. The van der Waals surface area contributed by atoms with Gasteiger partial charge in [0.05, 0.1) is 6.42 Å². The molecule has 4 rings (SSSR count). The number of aromatic nitrogens is 1. The van der Waals surface area contributed by atoms with E-state index in [9.17, 15) is 9.59 Å². The molecule has 1 aliphatic rings. The number of hydrogen-bond donors (Lipinski definition) is 2. The first-order valence-corrected chi connectivity index (χ1v) is 9.37. The molecule has 2 amide bonds. The minimum absolute atomic E-state index is 0.0681. The average Bonchev–Trinajstić information content (AvgIpc) is 3.31. The van der Waals surface area contributed by atoms with Gasteiger partial charge in [0, 0.05) is 40.9 Å². The van der Waals surface area contributed by atoms with E-state index in [0.717, 1.165) is 48.1 Å². The molecule has 3 aromatic rings. The maximum Gasteiger partial charge on any atom is 0.253 e. The molecule has 138 valence electrons. The van der Waals surface area contributed by atoms with Crippen molar-refractivity contribution < 1.29 is 9.59 Å². The maximum atomic E-state index is 12.5. The number of aromatic amines is 1. The van der Waals surface area contributed by atoms with E-state index in [1.54, 1.807) is 24.3 Å². The molecular weight excluding hydrogens is 338 g/mol. The number of benzene rings is 2. The van der Waals surface area contributed by atoms with Gasteiger partial charge in [-0.1, -0.05) is 18.2 Å². The quantitative estimate of drug-likeness (QED) is 0.740. The molecule has 0 spiro atoms. The molecule has 27 heavy (non-hydrogen) atoms. The molecule has 2 aromatic carbocycles. The van der Waals surface area contributed by atoms with Crippen molar-refractivity contribution in [3.05, 3.63) is 65.4 Å². The SMILES string of the molecule is Cc1[nH]c2ccccc2c1CC(=O)Nc1ccc(C(=O)N2CCCC2)cc1. The summed E-state index contributed by atoms with van der Waals surface area (Å²) >= 11 is 0. The van der Waals surface area contributed by atoms with Crippen LogP contribution < -0.4 is 5.32 Å². The Hall–Kier alpha value is -3.08. The first-order valence-electron chi connectivity index (χ1n) is 9.37. The lowest BCUT2D eigenvalue weighted by atomic mass is 10.1. The van der Waals surface area contributed by atoms with Crippen molar-refractivity contribution in [2.24, 2.45) is 0 Å². The van der Waals surface area contributed by atoms with Gasteiger partial charge < -0.3 is 15.2 Å². The number of rotatable bonds is 4. The van der Waals surface area contributed by atoms with Crippen LogP contribution in [-0.2, 0) is 11.2 Å². The highest BCUT2D eigenvalue weighted by atomic mass is 16.2. The number of anilines is 1. The van der Waals surface area contributed by atoms with Crippen molar-refractivity contribution in [1.29, 1.82) is 0 Å². The van der Waals surface area contributed by atoms with Gasteiger partial charge in [0.2, 0.25) is 5.91 Å². The summed E-state index contributed by atoms with van der Waals surface area (Å²) in [5.74, 6) is 0.00117. The van der Waals surface area contributed by atoms with Crippen LogP contribution in [0.1, 0.15) is 34.5 Å². The van der Waals surface area contributed by atoms with Crippen LogP contribution in [0.25, 0.3) is 10.9 Å². The molecule has 5 nitrogen and oxygen atoms in total. The normalized spacial score (nSPS) is 13.9. The van der Waals surface area contributed by atoms with Gasteiger partial charge >= 0.3 is 0 Å². The number of fused-ring (bicyclic) bond motifs is 1. The zero-order valence-electron chi connectivity index (χ0n) is 15.4. The van der Waals surface area contributed by atoms with Crippen LogP contribution in [0.15, 0.2) is 48.5 Å². The number of carbonyl (C=O) groups excluding carboxylic acids is 2. The van der Waals surface area contributed by atoms with E-state index in [1.807, 2.05) is 36.1 Å². The van der Waals surface area contributed by atoms with E-state index in [0.29, 0.717) is 17.7 Å². The summed E-state index contributed by atoms with van der Waals surface area (Å²) in [6.07, 6.45) is 2.46. The molecule has 2 heterocycles. The summed E-state index contributed by atoms with van der Waals surface area (Å²) < 4.78 is 0. The maximum absolute atomic E-state index is 12.5. The molecule has 0 unspecified atom stereocenters. The number of nitrogens with zero attached hydrogens (tertiary/aromatic N) is 1. The van der Waals surface area contributed by atoms with Crippen molar-refractivity contribution in [3.63, 3.8) is 0 Å². The summed E-state index contributed by atoms with van der Waals surface area (Å²) in [6.45, 7) is 3.66. The predicted octanol–water partition coefficient (Wildman–Crippen LogP) is 3.89. The zero-order chi connectivity index (χ0) is 18.8. The Kier molecular flexibility index (Phi) is 4.67. The summed E-state index contributed by atoms with van der Waals surface area (Å²) in [4.78, 5) is 30.1. The molecule has 0 bridgehead atoms. The molecule has 0 saturated carbocycles. The van der Waals surface area contributed by atoms with Gasteiger partial charge in [-0.2, -0.15) is 0 Å². The first-order chi connectivity index (χ1) is 13.1. The molecule has 0 aliphatic carbocycles. The summed E-state index contributed by atoms with van der Waals surface area (Å²) in [7, 11) is 0. The molecule has 0 atom stereocenters. The van der Waals surface area contributed by atoms with Crippen LogP contribution in [-0.4, -0.2) is 34.8 Å². The van der Waals surface area contributed by atoms with Crippen LogP contribution in [0.3, 0.4) is 0 Å². The Morgan fingerprint density at radius 2 is 1.74 bits per heavy atom. The van der Waals surface area contributed by atoms with Crippen molar-refractivity contribution in [3.8, 4) is 0 Å². The van der Waals surface area contributed by atoms with Gasteiger partial charge in [0.1, 0.15) is 0 Å². The second-order valence-electron chi connectivity index (χ2n) is 7.08. The Balaban J connectivity index is 1.43. The van der Waals surface area contributed by atoms with Gasteiger partial charge in [-0.15, -0.1) is 0 Å². The van der Waals surface area contributed by atoms with Crippen LogP contribution in [0.2, 0.25) is 0 Å². The van der Waals surface area contributed by atoms with Crippen LogP contribution in [0.4, 0.5) is 5.69 Å². The molecule has 2 N–H and O–H groups in total. The number of nitrogens with one attached hydrogen (secondary N) is 2. The third-order valence-electron chi connectivity index (χ3n) is 5.17. The molecular formula is C22H23N3O2. The molecule has 1 aromatic heterocycles. The highest BCUT2D eigenvalue weighted by Crippen LogP contribution is 2.23. The number of aryl methyl sites for hydroxylation is 1. The number of hydrogen-bond acceptors (Lipinski definition) is 2. The zero-order valence-corrected chi connectivity index (χ0v) is 15.4. The smallest absolute Gasteiger partial charge is 0.253 e. The second kappa shape index (κ2) is 7.27. The third kappa shape index (κ3) is 3.58. The monoisotopic (exact) mass is 361 g/mol. The van der Waals surface area contributed by atoms with Crippen molar-refractivity contribution >= 4 is 28.4 Å². The number of H-pyrrole nitrogens is 1. The van der Waals surface area contributed by atoms with Crippen molar-refractivity contribution in [2.45, 2.75) is 26.2 Å².